The highest BCUT2D eigenvalue weighted by atomic mass is 79.9. The number of anilines is 1. The number of rotatable bonds is 5. The Kier molecular flexibility index (Phi) is 5.21. The molecule has 2 nitrogen and oxygen atoms in total. The second kappa shape index (κ2) is 6.91. The molecule has 0 heterocycles. The molecule has 0 unspecified atom stereocenters. The fraction of sp³-hybridized carbons (Fsp3) is 0.294. The van der Waals surface area contributed by atoms with Gasteiger partial charge in [0.15, 0.2) is 0 Å². The summed E-state index contributed by atoms with van der Waals surface area (Å²) in [7, 11) is 4.09. The summed E-state index contributed by atoms with van der Waals surface area (Å²) in [4.78, 5) is 2.26. The van der Waals surface area contributed by atoms with Gasteiger partial charge < -0.3 is 10.2 Å². The molecule has 2 rings (SSSR count). The van der Waals surface area contributed by atoms with Gasteiger partial charge in [-0.2, -0.15) is 0 Å². The molecule has 3 heteroatoms. The molecule has 1 N–H and O–H groups in total. The summed E-state index contributed by atoms with van der Waals surface area (Å²) in [6.07, 6.45) is 0. The van der Waals surface area contributed by atoms with Crippen LogP contribution in [0, 0.1) is 6.92 Å². The molecule has 0 fully saturated rings. The van der Waals surface area contributed by atoms with E-state index in [4.69, 9.17) is 0 Å². The third-order valence-corrected chi connectivity index (χ3v) is 3.98. The molecular formula is C17H21BrN2. The SMILES string of the molecule is CNCc1ccc(N(C)Cc2ccc(C)cc2)c(Br)c1. The monoisotopic (exact) mass is 332 g/mol. The van der Waals surface area contributed by atoms with Crippen LogP contribution in [0.25, 0.3) is 0 Å². The highest BCUT2D eigenvalue weighted by molar-refractivity contribution is 9.10. The number of aryl methyl sites for hydroxylation is 1. The molecule has 2 aromatic carbocycles. The van der Waals surface area contributed by atoms with Crippen molar-refractivity contribution in [1.29, 1.82) is 0 Å². The van der Waals surface area contributed by atoms with Crippen molar-refractivity contribution in [3.8, 4) is 0 Å². The minimum atomic E-state index is 0.889. The Balaban J connectivity index is 2.12. The van der Waals surface area contributed by atoms with Crippen LogP contribution in [-0.2, 0) is 13.1 Å². The van der Waals surface area contributed by atoms with Crippen molar-refractivity contribution in [1.82, 2.24) is 5.32 Å². The van der Waals surface area contributed by atoms with Gasteiger partial charge in [0.25, 0.3) is 0 Å². The van der Waals surface area contributed by atoms with Gasteiger partial charge in [-0.05, 0) is 53.2 Å². The Morgan fingerprint density at radius 2 is 1.70 bits per heavy atom. The molecule has 0 atom stereocenters. The summed E-state index contributed by atoms with van der Waals surface area (Å²) in [5.74, 6) is 0. The molecule has 0 amide bonds. The van der Waals surface area contributed by atoms with Crippen LogP contribution in [0.3, 0.4) is 0 Å². The van der Waals surface area contributed by atoms with E-state index in [-0.39, 0.29) is 0 Å². The molecule has 106 valence electrons. The average molecular weight is 333 g/mol. The van der Waals surface area contributed by atoms with E-state index in [0.717, 1.165) is 17.6 Å². The van der Waals surface area contributed by atoms with Crippen molar-refractivity contribution in [2.24, 2.45) is 0 Å². The Hall–Kier alpha value is -1.32. The Morgan fingerprint density at radius 3 is 2.30 bits per heavy atom. The fourth-order valence-corrected chi connectivity index (χ4v) is 2.96. The molecule has 20 heavy (non-hydrogen) atoms. The van der Waals surface area contributed by atoms with Crippen molar-refractivity contribution < 1.29 is 0 Å². The minimum absolute atomic E-state index is 0.889. The Bertz CT molecular complexity index is 564. The van der Waals surface area contributed by atoms with Gasteiger partial charge in [-0.1, -0.05) is 35.9 Å². The van der Waals surface area contributed by atoms with Gasteiger partial charge in [-0.25, -0.2) is 0 Å². The van der Waals surface area contributed by atoms with E-state index in [9.17, 15) is 0 Å². The number of nitrogens with zero attached hydrogens (tertiary/aromatic N) is 1. The van der Waals surface area contributed by atoms with Gasteiger partial charge in [0.05, 0.1) is 5.69 Å². The standard InChI is InChI=1S/C17H21BrN2/c1-13-4-6-14(7-5-13)12-20(3)17-9-8-15(11-19-2)10-16(17)18/h4-10,19H,11-12H2,1-3H3. The van der Waals surface area contributed by atoms with E-state index >= 15 is 0 Å². The van der Waals surface area contributed by atoms with Crippen LogP contribution >= 0.6 is 15.9 Å². The molecule has 0 aliphatic carbocycles. The Morgan fingerprint density at radius 1 is 1.05 bits per heavy atom. The zero-order chi connectivity index (χ0) is 14.5. The lowest BCUT2D eigenvalue weighted by Gasteiger charge is -2.21. The molecule has 0 aromatic heterocycles. The third-order valence-electron chi connectivity index (χ3n) is 3.34. The summed E-state index contributed by atoms with van der Waals surface area (Å²) in [6, 6.07) is 15.2. The average Bonchev–Trinajstić information content (AvgIpc) is 2.42. The Labute approximate surface area is 129 Å². The van der Waals surface area contributed by atoms with Crippen LogP contribution in [0.5, 0.6) is 0 Å². The van der Waals surface area contributed by atoms with Crippen molar-refractivity contribution in [2.75, 3.05) is 19.0 Å². The molecule has 0 aliphatic heterocycles. The van der Waals surface area contributed by atoms with Gasteiger partial charge in [0.1, 0.15) is 0 Å². The first kappa shape index (κ1) is 15.1. The fourth-order valence-electron chi connectivity index (χ4n) is 2.23. The first-order valence-electron chi connectivity index (χ1n) is 6.80. The zero-order valence-electron chi connectivity index (χ0n) is 12.3. The van der Waals surface area contributed by atoms with Crippen LogP contribution in [0.15, 0.2) is 46.9 Å². The van der Waals surface area contributed by atoms with Crippen LogP contribution in [-0.4, -0.2) is 14.1 Å². The molecule has 0 bridgehead atoms. The maximum Gasteiger partial charge on any atom is 0.0511 e. The highest BCUT2D eigenvalue weighted by Crippen LogP contribution is 2.27. The number of nitrogens with one attached hydrogen (secondary N) is 1. The summed E-state index contributed by atoms with van der Waals surface area (Å²) >= 11 is 3.67. The lowest BCUT2D eigenvalue weighted by molar-refractivity contribution is 0.816. The van der Waals surface area contributed by atoms with Crippen molar-refractivity contribution in [2.45, 2.75) is 20.0 Å². The number of hydrogen-bond donors (Lipinski definition) is 1. The predicted octanol–water partition coefficient (Wildman–Crippen LogP) is 4.11. The molecule has 0 spiro atoms. The van der Waals surface area contributed by atoms with E-state index < -0.39 is 0 Å². The van der Waals surface area contributed by atoms with Crippen LogP contribution in [0.1, 0.15) is 16.7 Å². The van der Waals surface area contributed by atoms with Crippen molar-refractivity contribution >= 4 is 21.6 Å². The third kappa shape index (κ3) is 3.84. The zero-order valence-corrected chi connectivity index (χ0v) is 13.9. The summed E-state index contributed by atoms with van der Waals surface area (Å²) in [5.41, 5.74) is 5.12. The van der Waals surface area contributed by atoms with E-state index in [1.807, 2.05) is 7.05 Å². The molecule has 0 saturated carbocycles. The lowest BCUT2D eigenvalue weighted by Crippen LogP contribution is -2.17. The van der Waals surface area contributed by atoms with E-state index in [1.165, 1.54) is 22.4 Å². The summed E-state index contributed by atoms with van der Waals surface area (Å²) in [6.45, 7) is 3.91. The predicted molar refractivity (Wildman–Crippen MR) is 90.2 cm³/mol. The second-order valence-corrected chi connectivity index (χ2v) is 6.01. The maximum atomic E-state index is 3.67. The van der Waals surface area contributed by atoms with Crippen LogP contribution in [0.2, 0.25) is 0 Å². The molecule has 0 saturated heterocycles. The molecular weight excluding hydrogens is 312 g/mol. The summed E-state index contributed by atoms with van der Waals surface area (Å²) < 4.78 is 1.14. The van der Waals surface area contributed by atoms with E-state index in [0.29, 0.717) is 0 Å². The number of halogens is 1. The first-order valence-corrected chi connectivity index (χ1v) is 7.59. The van der Waals surface area contributed by atoms with Gasteiger partial charge in [-0.15, -0.1) is 0 Å². The second-order valence-electron chi connectivity index (χ2n) is 5.16. The van der Waals surface area contributed by atoms with Gasteiger partial charge in [-0.3, -0.25) is 0 Å². The number of hydrogen-bond acceptors (Lipinski definition) is 2. The van der Waals surface area contributed by atoms with Gasteiger partial charge >= 0.3 is 0 Å². The van der Waals surface area contributed by atoms with Gasteiger partial charge in [0, 0.05) is 24.6 Å². The van der Waals surface area contributed by atoms with Gasteiger partial charge in [0.2, 0.25) is 0 Å². The van der Waals surface area contributed by atoms with E-state index in [1.54, 1.807) is 0 Å². The first-order chi connectivity index (χ1) is 9.60. The largest absolute Gasteiger partial charge is 0.369 e. The minimum Gasteiger partial charge on any atom is -0.369 e. The smallest absolute Gasteiger partial charge is 0.0511 e. The van der Waals surface area contributed by atoms with Crippen LogP contribution in [0.4, 0.5) is 5.69 Å². The van der Waals surface area contributed by atoms with E-state index in [2.05, 4.69) is 82.6 Å². The normalized spacial score (nSPS) is 10.6. The molecule has 0 aliphatic rings. The van der Waals surface area contributed by atoms with Crippen molar-refractivity contribution in [3.05, 3.63) is 63.6 Å². The maximum absolute atomic E-state index is 3.67. The quantitative estimate of drug-likeness (QED) is 0.886. The molecule has 0 radical (unpaired) electrons. The van der Waals surface area contributed by atoms with Crippen molar-refractivity contribution in [3.63, 3.8) is 0 Å². The topological polar surface area (TPSA) is 15.3 Å². The van der Waals surface area contributed by atoms with Crippen LogP contribution < -0.4 is 10.2 Å². The number of benzene rings is 2. The highest BCUT2D eigenvalue weighted by Gasteiger charge is 2.07. The summed E-state index contributed by atoms with van der Waals surface area (Å²) in [5, 5.41) is 3.17. The lowest BCUT2D eigenvalue weighted by atomic mass is 10.1. The molecule has 2 aromatic rings.